The van der Waals surface area contributed by atoms with Gasteiger partial charge in [-0.25, -0.2) is 9.97 Å². The van der Waals surface area contributed by atoms with Crippen molar-refractivity contribution in [2.45, 2.75) is 39.1 Å². The Labute approximate surface area is 228 Å². The lowest BCUT2D eigenvalue weighted by Crippen LogP contribution is -2.28. The molecule has 3 heterocycles. The number of nitrogens with zero attached hydrogens (tertiary/aromatic N) is 5. The first-order valence-electron chi connectivity index (χ1n) is 12.5. The van der Waals surface area contributed by atoms with Crippen LogP contribution in [0.5, 0.6) is 0 Å². The summed E-state index contributed by atoms with van der Waals surface area (Å²) in [6, 6.07) is 5.19. The van der Waals surface area contributed by atoms with E-state index in [1.54, 1.807) is 25.1 Å². The summed E-state index contributed by atoms with van der Waals surface area (Å²) in [7, 11) is 0. The molecule has 0 aliphatic rings. The number of halogens is 3. The zero-order valence-corrected chi connectivity index (χ0v) is 21.9. The van der Waals surface area contributed by atoms with Crippen molar-refractivity contribution in [3.05, 3.63) is 59.8 Å². The number of hydrogen-bond acceptors (Lipinski definition) is 7. The van der Waals surface area contributed by atoms with Gasteiger partial charge >= 0.3 is 6.18 Å². The normalized spacial score (nSPS) is 12.3. The maximum atomic E-state index is 13.7. The van der Waals surface area contributed by atoms with E-state index >= 15 is 0 Å². The summed E-state index contributed by atoms with van der Waals surface area (Å²) in [6.45, 7) is 4.17. The summed E-state index contributed by atoms with van der Waals surface area (Å²) in [5.74, 6) is 2.34. The molecule has 0 aliphatic carbocycles. The van der Waals surface area contributed by atoms with E-state index < -0.39 is 18.0 Å². The number of nitrogens with one attached hydrogen (secondary N) is 2. The number of terminal acetylenes is 1. The molecule has 4 aromatic rings. The lowest BCUT2D eigenvalue weighted by Gasteiger charge is -2.13. The molecule has 1 atom stereocenters. The van der Waals surface area contributed by atoms with E-state index in [9.17, 15) is 23.1 Å². The van der Waals surface area contributed by atoms with E-state index in [4.69, 9.17) is 11.2 Å². The molecular weight excluding hydrogens is 527 g/mol. The Kier molecular flexibility index (Phi) is 8.71. The van der Waals surface area contributed by atoms with Crippen LogP contribution in [0.2, 0.25) is 0 Å². The molecule has 0 unspecified atom stereocenters. The van der Waals surface area contributed by atoms with E-state index in [-0.39, 0.29) is 36.9 Å². The lowest BCUT2D eigenvalue weighted by molar-refractivity contribution is -0.141. The van der Waals surface area contributed by atoms with Gasteiger partial charge in [0.25, 0.3) is 5.91 Å². The monoisotopic (exact) mass is 555 g/mol. The average Bonchev–Trinajstić information content (AvgIpc) is 3.53. The lowest BCUT2D eigenvalue weighted by atomic mass is 10.0. The van der Waals surface area contributed by atoms with Crippen molar-refractivity contribution in [3.8, 4) is 23.6 Å². The molecule has 40 heavy (non-hydrogen) atoms. The summed E-state index contributed by atoms with van der Waals surface area (Å²) in [6.07, 6.45) is 6.09. The molecule has 1 aromatic carbocycles. The zero-order chi connectivity index (χ0) is 28.9. The Morgan fingerprint density at radius 2 is 2.10 bits per heavy atom. The van der Waals surface area contributed by atoms with Crippen LogP contribution >= 0.6 is 0 Å². The number of aromatic nitrogens is 5. The number of carbonyl (C=O) groups is 1. The van der Waals surface area contributed by atoms with Gasteiger partial charge in [-0.2, -0.15) is 18.3 Å². The number of amides is 1. The van der Waals surface area contributed by atoms with E-state index in [1.165, 1.54) is 29.2 Å². The van der Waals surface area contributed by atoms with Gasteiger partial charge in [0.2, 0.25) is 0 Å². The molecule has 3 aromatic heterocycles. The van der Waals surface area contributed by atoms with Gasteiger partial charge in [-0.3, -0.25) is 13.9 Å². The quantitative estimate of drug-likeness (QED) is 0.191. The van der Waals surface area contributed by atoms with Gasteiger partial charge in [-0.05, 0) is 37.1 Å². The van der Waals surface area contributed by atoms with Gasteiger partial charge in [0.1, 0.15) is 6.54 Å². The number of imidazole rings is 1. The summed E-state index contributed by atoms with van der Waals surface area (Å²) < 4.78 is 49.0. The van der Waals surface area contributed by atoms with Gasteiger partial charge in [0, 0.05) is 36.4 Å². The fourth-order valence-corrected chi connectivity index (χ4v) is 4.11. The summed E-state index contributed by atoms with van der Waals surface area (Å²) in [5, 5.41) is 18.8. The third-order valence-electron chi connectivity index (χ3n) is 5.87. The number of aliphatic hydroxyl groups is 1. The van der Waals surface area contributed by atoms with Crippen LogP contribution in [0, 0.1) is 12.3 Å². The maximum absolute atomic E-state index is 13.7. The summed E-state index contributed by atoms with van der Waals surface area (Å²) >= 11 is 0. The minimum atomic E-state index is -4.69. The van der Waals surface area contributed by atoms with Crippen LogP contribution < -0.4 is 10.6 Å². The van der Waals surface area contributed by atoms with Crippen LogP contribution in [0.3, 0.4) is 0 Å². The first kappa shape index (κ1) is 28.6. The number of rotatable bonds is 11. The molecule has 13 heteroatoms. The molecule has 0 radical (unpaired) electrons. The molecule has 0 aliphatic heterocycles. The smallest absolute Gasteiger partial charge is 0.391 e. The number of anilines is 2. The van der Waals surface area contributed by atoms with Crippen LogP contribution in [-0.2, 0) is 23.9 Å². The number of ether oxygens (including phenoxy) is 1. The second-order valence-electron chi connectivity index (χ2n) is 8.93. The van der Waals surface area contributed by atoms with Crippen molar-refractivity contribution < 1.29 is 27.8 Å². The molecule has 0 bridgehead atoms. The molecule has 1 amide bonds. The van der Waals surface area contributed by atoms with E-state index in [2.05, 4.69) is 31.6 Å². The fraction of sp³-hybridized carbons (Fsp3) is 0.333. The third kappa shape index (κ3) is 6.41. The number of aryl methyl sites for hydroxylation is 1. The van der Waals surface area contributed by atoms with E-state index in [0.29, 0.717) is 35.7 Å². The minimum Gasteiger partial charge on any atom is -0.391 e. The van der Waals surface area contributed by atoms with Crippen LogP contribution in [0.1, 0.15) is 35.5 Å². The molecule has 210 valence electrons. The number of fused-ring (bicyclic) bond motifs is 1. The number of carbonyl (C=O) groups excluding carboxylic acids is 1. The summed E-state index contributed by atoms with van der Waals surface area (Å²) in [5.41, 5.74) is 1.15. The van der Waals surface area contributed by atoms with Gasteiger partial charge in [0.15, 0.2) is 17.2 Å². The minimum absolute atomic E-state index is 0.112. The molecule has 0 fully saturated rings. The second kappa shape index (κ2) is 12.2. The Morgan fingerprint density at radius 3 is 2.80 bits per heavy atom. The van der Waals surface area contributed by atoms with Crippen LogP contribution in [-0.4, -0.2) is 61.0 Å². The highest BCUT2D eigenvalue weighted by atomic mass is 19.4. The number of benzene rings is 1. The average molecular weight is 556 g/mol. The van der Waals surface area contributed by atoms with Crippen molar-refractivity contribution >= 4 is 23.1 Å². The van der Waals surface area contributed by atoms with Crippen LogP contribution in [0.15, 0.2) is 43.0 Å². The standard InChI is InChI=1S/C27H28F3N7O3/c1-4-10-36-15-21(23(35-36)27(28,29)30)22-14-33-25-24(31-8-11-37(22)25)34-19-6-7-20(18(5-2)13-19)26(39)32-9-12-40-16-17(3)38/h1,6-8,11,13-15,17,38H,5,9-10,12,16H2,2-3H3,(H,31,34)(H,32,39)/t17-/m0/s1. The SMILES string of the molecule is C#CCn1cc(-c2cnc3c(Nc4ccc(C(=O)NCCOC[C@H](C)O)c(CC)c4)nccn23)c(C(F)(F)F)n1. The van der Waals surface area contributed by atoms with Crippen molar-refractivity contribution in [1.82, 2.24) is 29.5 Å². The topological polar surface area (TPSA) is 119 Å². The Morgan fingerprint density at radius 1 is 1.30 bits per heavy atom. The molecular formula is C27H28F3N7O3. The highest BCUT2D eigenvalue weighted by Gasteiger charge is 2.38. The van der Waals surface area contributed by atoms with Crippen molar-refractivity contribution in [2.75, 3.05) is 25.1 Å². The predicted molar refractivity (Wildman–Crippen MR) is 142 cm³/mol. The number of hydrogen-bond donors (Lipinski definition) is 3. The van der Waals surface area contributed by atoms with Gasteiger partial charge < -0.3 is 20.5 Å². The Hall–Kier alpha value is -4.41. The van der Waals surface area contributed by atoms with E-state index in [1.807, 2.05) is 6.92 Å². The molecule has 0 saturated heterocycles. The number of alkyl halides is 3. The Bertz CT molecular complexity index is 1540. The molecule has 0 saturated carbocycles. The molecule has 4 rings (SSSR count). The van der Waals surface area contributed by atoms with Crippen molar-refractivity contribution in [1.29, 1.82) is 0 Å². The molecule has 10 nitrogen and oxygen atoms in total. The summed E-state index contributed by atoms with van der Waals surface area (Å²) in [4.78, 5) is 21.3. The Balaban J connectivity index is 1.57. The first-order chi connectivity index (χ1) is 19.1. The van der Waals surface area contributed by atoms with Crippen molar-refractivity contribution in [2.24, 2.45) is 0 Å². The van der Waals surface area contributed by atoms with Crippen molar-refractivity contribution in [3.63, 3.8) is 0 Å². The highest BCUT2D eigenvalue weighted by molar-refractivity contribution is 5.96. The van der Waals surface area contributed by atoms with Gasteiger partial charge in [0.05, 0.1) is 36.8 Å². The second-order valence-corrected chi connectivity index (χ2v) is 8.93. The predicted octanol–water partition coefficient (Wildman–Crippen LogP) is 3.68. The van der Waals surface area contributed by atoms with Crippen LogP contribution in [0.25, 0.3) is 16.9 Å². The van der Waals surface area contributed by atoms with Gasteiger partial charge in [-0.15, -0.1) is 6.42 Å². The maximum Gasteiger partial charge on any atom is 0.435 e. The molecule has 0 spiro atoms. The third-order valence-corrected chi connectivity index (χ3v) is 5.87. The largest absolute Gasteiger partial charge is 0.435 e. The number of aliphatic hydroxyl groups excluding tert-OH is 1. The van der Waals surface area contributed by atoms with Crippen LogP contribution in [0.4, 0.5) is 24.7 Å². The zero-order valence-electron chi connectivity index (χ0n) is 21.9. The van der Waals surface area contributed by atoms with E-state index in [0.717, 1.165) is 10.2 Å². The first-order valence-corrected chi connectivity index (χ1v) is 12.5. The highest BCUT2D eigenvalue weighted by Crippen LogP contribution is 2.37. The molecule has 3 N–H and O–H groups in total. The van der Waals surface area contributed by atoms with Gasteiger partial charge in [-0.1, -0.05) is 12.8 Å². The fourth-order valence-electron chi connectivity index (χ4n) is 4.11.